The van der Waals surface area contributed by atoms with Crippen molar-refractivity contribution in [3.63, 3.8) is 0 Å². The van der Waals surface area contributed by atoms with Crippen LogP contribution in [0.1, 0.15) is 17.0 Å². The van der Waals surface area contributed by atoms with Crippen LogP contribution in [0.4, 0.5) is 0 Å². The molecule has 0 fully saturated rings. The minimum atomic E-state index is -0.121. The van der Waals surface area contributed by atoms with E-state index in [0.717, 1.165) is 10.4 Å². The van der Waals surface area contributed by atoms with Crippen LogP contribution < -0.4 is 5.32 Å². The van der Waals surface area contributed by atoms with E-state index in [-0.39, 0.29) is 12.3 Å². The van der Waals surface area contributed by atoms with Gasteiger partial charge in [0.25, 0.3) is 0 Å². The fourth-order valence-corrected chi connectivity index (χ4v) is 3.15. The monoisotopic (exact) mass is 380 g/mol. The Morgan fingerprint density at radius 1 is 1.33 bits per heavy atom. The maximum Gasteiger partial charge on any atom is 0.236 e. The van der Waals surface area contributed by atoms with Crippen molar-refractivity contribution in [3.8, 4) is 16.6 Å². The molecular weight excluding hydrogens is 364 g/mol. The van der Waals surface area contributed by atoms with Crippen LogP contribution in [0, 0.1) is 6.92 Å². The van der Waals surface area contributed by atoms with E-state index in [9.17, 15) is 4.79 Å². The fourth-order valence-electron chi connectivity index (χ4n) is 2.50. The summed E-state index contributed by atoms with van der Waals surface area (Å²) < 4.78 is 7.24. The van der Waals surface area contributed by atoms with Crippen molar-refractivity contribution in [2.24, 2.45) is 0 Å². The van der Waals surface area contributed by atoms with Crippen molar-refractivity contribution in [1.29, 1.82) is 0 Å². The fraction of sp³-hybridized carbons (Fsp3) is 0.167. The first kappa shape index (κ1) is 17.1. The molecule has 9 heteroatoms. The molecule has 0 bridgehead atoms. The Kier molecular flexibility index (Phi) is 4.75. The third-order valence-electron chi connectivity index (χ3n) is 3.90. The first-order valence-corrected chi connectivity index (χ1v) is 9.14. The number of nitrogens with one attached hydrogen (secondary N) is 1. The second kappa shape index (κ2) is 7.50. The number of hydrogen-bond donors (Lipinski definition) is 1. The van der Waals surface area contributed by atoms with E-state index in [0.29, 0.717) is 29.7 Å². The minimum Gasteiger partial charge on any atom is -0.440 e. The van der Waals surface area contributed by atoms with E-state index in [4.69, 9.17) is 4.42 Å². The molecule has 4 aromatic heterocycles. The summed E-state index contributed by atoms with van der Waals surface area (Å²) in [7, 11) is 0. The van der Waals surface area contributed by atoms with Gasteiger partial charge in [-0.05, 0) is 30.0 Å². The van der Waals surface area contributed by atoms with Gasteiger partial charge in [0.05, 0.1) is 17.0 Å². The van der Waals surface area contributed by atoms with Crippen molar-refractivity contribution >= 4 is 17.2 Å². The molecule has 27 heavy (non-hydrogen) atoms. The van der Waals surface area contributed by atoms with Crippen molar-refractivity contribution in [1.82, 2.24) is 30.0 Å². The summed E-state index contributed by atoms with van der Waals surface area (Å²) >= 11 is 1.55. The Morgan fingerprint density at radius 2 is 2.26 bits per heavy atom. The van der Waals surface area contributed by atoms with Gasteiger partial charge < -0.3 is 9.73 Å². The number of aryl methyl sites for hydroxylation is 1. The molecule has 4 rings (SSSR count). The summed E-state index contributed by atoms with van der Waals surface area (Å²) in [4.78, 5) is 25.8. The number of nitrogens with zero attached hydrogens (tertiary/aromatic N) is 5. The van der Waals surface area contributed by atoms with Gasteiger partial charge in [0, 0.05) is 12.7 Å². The maximum absolute atomic E-state index is 12.3. The van der Waals surface area contributed by atoms with E-state index in [1.54, 1.807) is 28.5 Å². The molecular formula is C18H16N6O2S. The third-order valence-corrected chi connectivity index (χ3v) is 4.76. The molecule has 0 saturated heterocycles. The van der Waals surface area contributed by atoms with Gasteiger partial charge >= 0.3 is 0 Å². The Balaban J connectivity index is 1.35. The lowest BCUT2D eigenvalue weighted by Gasteiger charge is -2.05. The van der Waals surface area contributed by atoms with Crippen molar-refractivity contribution < 1.29 is 9.21 Å². The van der Waals surface area contributed by atoms with Crippen LogP contribution in [-0.4, -0.2) is 30.6 Å². The van der Waals surface area contributed by atoms with Crippen molar-refractivity contribution in [3.05, 3.63) is 65.5 Å². The molecule has 0 aliphatic carbocycles. The lowest BCUT2D eigenvalue weighted by Crippen LogP contribution is -2.25. The van der Waals surface area contributed by atoms with Gasteiger partial charge in [0.15, 0.2) is 5.82 Å². The molecule has 0 aromatic carbocycles. The summed E-state index contributed by atoms with van der Waals surface area (Å²) in [5.74, 6) is 1.76. The maximum atomic E-state index is 12.3. The normalized spacial score (nSPS) is 10.9. The van der Waals surface area contributed by atoms with Crippen LogP contribution in [0.15, 0.2) is 52.9 Å². The zero-order valence-corrected chi connectivity index (χ0v) is 15.3. The third kappa shape index (κ3) is 3.93. The molecule has 1 amide bonds. The Bertz CT molecular complexity index is 1020. The summed E-state index contributed by atoms with van der Waals surface area (Å²) in [6.45, 7) is 2.21. The first-order chi connectivity index (χ1) is 13.2. The van der Waals surface area contributed by atoms with E-state index in [1.165, 1.54) is 6.33 Å². The van der Waals surface area contributed by atoms with Crippen LogP contribution in [-0.2, 0) is 17.8 Å². The van der Waals surface area contributed by atoms with Gasteiger partial charge in [0.1, 0.15) is 18.4 Å². The number of hydrogen-bond acceptors (Lipinski definition) is 7. The molecule has 8 nitrogen and oxygen atoms in total. The minimum absolute atomic E-state index is 0.121. The number of thiophene rings is 1. The number of rotatable bonds is 6. The molecule has 0 aliphatic rings. The molecule has 0 saturated carbocycles. The zero-order valence-electron chi connectivity index (χ0n) is 14.5. The van der Waals surface area contributed by atoms with Crippen LogP contribution in [0.5, 0.6) is 0 Å². The number of oxazole rings is 1. The highest BCUT2D eigenvalue weighted by Gasteiger charge is 2.15. The molecule has 0 unspecified atom stereocenters. The zero-order chi connectivity index (χ0) is 18.6. The Hall–Kier alpha value is -3.33. The van der Waals surface area contributed by atoms with Gasteiger partial charge in [-0.2, -0.15) is 5.10 Å². The van der Waals surface area contributed by atoms with Crippen LogP contribution in [0.25, 0.3) is 16.6 Å². The van der Waals surface area contributed by atoms with E-state index in [1.807, 2.05) is 36.6 Å². The second-order valence-corrected chi connectivity index (χ2v) is 6.77. The predicted octanol–water partition coefficient (Wildman–Crippen LogP) is 2.55. The lowest BCUT2D eigenvalue weighted by atomic mass is 10.2. The Labute approximate surface area is 158 Å². The van der Waals surface area contributed by atoms with E-state index < -0.39 is 0 Å². The van der Waals surface area contributed by atoms with E-state index in [2.05, 4.69) is 25.4 Å². The van der Waals surface area contributed by atoms with Gasteiger partial charge in [-0.25, -0.2) is 19.6 Å². The molecule has 0 radical (unpaired) electrons. The van der Waals surface area contributed by atoms with Gasteiger partial charge in [-0.15, -0.1) is 11.3 Å². The first-order valence-electron chi connectivity index (χ1n) is 8.26. The van der Waals surface area contributed by atoms with E-state index >= 15 is 0 Å². The number of carbonyl (C=O) groups is 1. The molecule has 4 aromatic rings. The quantitative estimate of drug-likeness (QED) is 0.552. The molecule has 0 atom stereocenters. The van der Waals surface area contributed by atoms with Gasteiger partial charge in [-0.1, -0.05) is 12.1 Å². The highest BCUT2D eigenvalue weighted by atomic mass is 32.1. The summed E-state index contributed by atoms with van der Waals surface area (Å²) in [6, 6.07) is 7.59. The lowest BCUT2D eigenvalue weighted by molar-refractivity contribution is -0.120. The standard InChI is InChI=1S/C18H16N6O2S/c1-12-14(23-18(26-12)15-3-2-6-27-15)7-17(25)21-9-13-4-5-16(20-8-13)24-11-19-10-22-24/h2-6,8,10-11H,7,9H2,1H3,(H,21,25). The van der Waals surface area contributed by atoms with Crippen molar-refractivity contribution in [2.45, 2.75) is 19.9 Å². The smallest absolute Gasteiger partial charge is 0.236 e. The van der Waals surface area contributed by atoms with Crippen LogP contribution in [0.2, 0.25) is 0 Å². The number of pyridine rings is 1. The molecule has 136 valence electrons. The largest absolute Gasteiger partial charge is 0.440 e. The summed E-state index contributed by atoms with van der Waals surface area (Å²) in [5, 5.41) is 8.87. The van der Waals surface area contributed by atoms with Crippen LogP contribution in [0.3, 0.4) is 0 Å². The summed E-state index contributed by atoms with van der Waals surface area (Å²) in [6.07, 6.45) is 4.90. The topological polar surface area (TPSA) is 98.7 Å². The number of aromatic nitrogens is 5. The average Bonchev–Trinajstić information content (AvgIpc) is 3.43. The SMILES string of the molecule is Cc1oc(-c2cccs2)nc1CC(=O)NCc1ccc(-n2cncn2)nc1. The van der Waals surface area contributed by atoms with Gasteiger partial charge in [-0.3, -0.25) is 4.79 Å². The molecule has 0 spiro atoms. The Morgan fingerprint density at radius 3 is 2.96 bits per heavy atom. The summed E-state index contributed by atoms with van der Waals surface area (Å²) in [5.41, 5.74) is 1.54. The highest BCUT2D eigenvalue weighted by Crippen LogP contribution is 2.26. The van der Waals surface area contributed by atoms with Crippen LogP contribution >= 0.6 is 11.3 Å². The predicted molar refractivity (Wildman–Crippen MR) is 99.3 cm³/mol. The molecule has 1 N–H and O–H groups in total. The average molecular weight is 380 g/mol. The molecule has 4 heterocycles. The van der Waals surface area contributed by atoms with Crippen molar-refractivity contribution in [2.75, 3.05) is 0 Å². The number of amides is 1. The molecule has 0 aliphatic heterocycles. The second-order valence-electron chi connectivity index (χ2n) is 5.82. The van der Waals surface area contributed by atoms with Gasteiger partial charge in [0.2, 0.25) is 11.8 Å². The highest BCUT2D eigenvalue weighted by molar-refractivity contribution is 7.13. The number of carbonyl (C=O) groups excluding carboxylic acids is 1.